The van der Waals surface area contributed by atoms with Gasteiger partial charge in [-0.3, -0.25) is 9.59 Å². The fourth-order valence-corrected chi connectivity index (χ4v) is 9.19. The smallest absolute Gasteiger partial charge is 0.338 e. The van der Waals surface area contributed by atoms with Gasteiger partial charge in [0, 0.05) is 74.5 Å². The monoisotopic (exact) mass is 1160 g/mol. The Balaban J connectivity index is 0.000000188. The van der Waals surface area contributed by atoms with Crippen LogP contribution in [0.25, 0.3) is 11.3 Å². The first kappa shape index (κ1) is 61.1. The van der Waals surface area contributed by atoms with Crippen molar-refractivity contribution < 1.29 is 52.7 Å². The third-order valence-corrected chi connectivity index (χ3v) is 13.2. The number of nitrogen functional groups attached to an aromatic ring is 1. The number of aliphatic carboxylic acids is 1. The molecule has 448 valence electrons. The average molecular weight is 1170 g/mol. The zero-order valence-electron chi connectivity index (χ0n) is 49.3. The van der Waals surface area contributed by atoms with Gasteiger partial charge in [-0.05, 0) is 140 Å². The number of nitrogens with one attached hydrogen (secondary N) is 3. The molecular weight excluding hydrogens is 1090 g/mol. The molecular formula is C60H72N14O11. The van der Waals surface area contributed by atoms with Crippen LogP contribution in [0.3, 0.4) is 0 Å². The Bertz CT molecular complexity index is 3620. The van der Waals surface area contributed by atoms with Crippen molar-refractivity contribution >= 4 is 81.1 Å². The van der Waals surface area contributed by atoms with E-state index in [1.807, 2.05) is 58.6 Å². The van der Waals surface area contributed by atoms with E-state index >= 15 is 0 Å². The number of methoxy groups -OCH3 is 4. The van der Waals surface area contributed by atoms with Gasteiger partial charge in [-0.15, -0.1) is 10.2 Å². The highest BCUT2D eigenvalue weighted by molar-refractivity contribution is 5.95. The largest absolute Gasteiger partial charge is 0.491 e. The number of ether oxygens (including phenoxy) is 6. The highest BCUT2D eigenvalue weighted by Crippen LogP contribution is 2.33. The first-order valence-electron chi connectivity index (χ1n) is 27.5. The standard InChI is InChI=1S/C30H35N7O5.C19H22N6O4.C11H15NO2/c1-30(2,3)42-29(39)19-8-10-21(11-9-19)32-27(38)20-7-6-15-36(18-20)25-17-22(26-31-14-16-37(26)35-25)33-24-13-12-23(40-4)28(34-24)41-5;1-28-14-5-6-15(22-18(14)29-2)21-13-10-16(23-25-9-7-20-17(13)25)24-8-3-4-12(11-24)19(26)27;1-11(2,3)14-10(13)8-4-6-9(12)7-5-8/h8-14,16-17,20H,6-7,15,18H2,1-5H3,(H,32,38)(H,33,34);5-7,9-10,12H,3-4,8,11H2,1-2H3,(H,21,22)(H,26,27);4-7H,12H2,1-3H3. The molecule has 8 aromatic rings. The van der Waals surface area contributed by atoms with E-state index in [4.69, 9.17) is 39.3 Å². The minimum absolute atomic E-state index is 0.0821. The van der Waals surface area contributed by atoms with Crippen LogP contribution in [0.4, 0.5) is 46.0 Å². The lowest BCUT2D eigenvalue weighted by molar-refractivity contribution is -0.142. The number of rotatable bonds is 15. The molecule has 25 nitrogen and oxygen atoms in total. The van der Waals surface area contributed by atoms with Crippen molar-refractivity contribution in [3.8, 4) is 23.3 Å². The van der Waals surface area contributed by atoms with E-state index < -0.39 is 29.1 Å². The zero-order valence-corrected chi connectivity index (χ0v) is 49.3. The Morgan fingerprint density at radius 1 is 0.588 bits per heavy atom. The third-order valence-electron chi connectivity index (χ3n) is 13.2. The van der Waals surface area contributed by atoms with Gasteiger partial charge in [-0.25, -0.2) is 28.6 Å². The van der Waals surface area contributed by atoms with Crippen LogP contribution < -0.4 is 50.4 Å². The number of benzene rings is 2. The van der Waals surface area contributed by atoms with Crippen LogP contribution in [0.15, 0.2) is 110 Å². The Morgan fingerprint density at radius 3 is 1.45 bits per heavy atom. The van der Waals surface area contributed by atoms with Crippen LogP contribution >= 0.6 is 0 Å². The summed E-state index contributed by atoms with van der Waals surface area (Å²) < 4.78 is 35.1. The Kier molecular flexibility index (Phi) is 19.4. The van der Waals surface area contributed by atoms with E-state index in [0.717, 1.165) is 32.4 Å². The molecule has 8 heterocycles. The van der Waals surface area contributed by atoms with Gasteiger partial charge in [0.15, 0.2) is 34.4 Å². The lowest BCUT2D eigenvalue weighted by Crippen LogP contribution is -2.41. The molecule has 0 saturated carbocycles. The lowest BCUT2D eigenvalue weighted by Gasteiger charge is -2.33. The molecule has 2 fully saturated rings. The Labute approximate surface area is 491 Å². The van der Waals surface area contributed by atoms with Crippen LogP contribution in [0.2, 0.25) is 0 Å². The molecule has 6 N–H and O–H groups in total. The summed E-state index contributed by atoms with van der Waals surface area (Å²) >= 11 is 0. The number of amides is 1. The van der Waals surface area contributed by atoms with Crippen molar-refractivity contribution in [2.45, 2.75) is 78.4 Å². The van der Waals surface area contributed by atoms with Crippen molar-refractivity contribution in [3.63, 3.8) is 0 Å². The summed E-state index contributed by atoms with van der Waals surface area (Å²) in [4.78, 5) is 70.3. The van der Waals surface area contributed by atoms with E-state index in [0.29, 0.717) is 111 Å². The second-order valence-corrected chi connectivity index (χ2v) is 21.9. The summed E-state index contributed by atoms with van der Waals surface area (Å²) in [6.07, 6.45) is 9.95. The van der Waals surface area contributed by atoms with Gasteiger partial charge < -0.3 is 65.0 Å². The van der Waals surface area contributed by atoms with Crippen LogP contribution in [0.5, 0.6) is 23.3 Å². The van der Waals surface area contributed by atoms with E-state index in [2.05, 4.69) is 45.9 Å². The molecule has 2 atom stereocenters. The Hall–Kier alpha value is -9.94. The third kappa shape index (κ3) is 16.2. The number of nitrogens with two attached hydrogens (primary N) is 1. The molecule has 2 aliphatic rings. The highest BCUT2D eigenvalue weighted by atomic mass is 16.6. The molecule has 2 saturated heterocycles. The number of nitrogens with zero attached hydrogens (tertiary/aromatic N) is 10. The number of carbonyl (C=O) groups excluding carboxylic acids is 3. The quantitative estimate of drug-likeness (QED) is 0.0472. The molecule has 2 aliphatic heterocycles. The number of hydrogen-bond acceptors (Lipinski definition) is 21. The summed E-state index contributed by atoms with van der Waals surface area (Å²) in [5.74, 6) is 2.09. The number of piperidine rings is 2. The van der Waals surface area contributed by atoms with Crippen LogP contribution in [-0.4, -0.2) is 134 Å². The van der Waals surface area contributed by atoms with E-state index in [9.17, 15) is 24.3 Å². The van der Waals surface area contributed by atoms with Crippen LogP contribution in [-0.2, 0) is 19.1 Å². The number of fused-ring (bicyclic) bond motifs is 2. The maximum Gasteiger partial charge on any atom is 0.338 e. The van der Waals surface area contributed by atoms with Gasteiger partial charge in [0.2, 0.25) is 5.91 Å². The predicted molar refractivity (Wildman–Crippen MR) is 321 cm³/mol. The lowest BCUT2D eigenvalue weighted by atomic mass is 9.97. The average Bonchev–Trinajstić information content (AvgIpc) is 2.95. The van der Waals surface area contributed by atoms with E-state index in [-0.39, 0.29) is 17.8 Å². The molecule has 0 aliphatic carbocycles. The fraction of sp³-hybridized carbons (Fsp3) is 0.367. The first-order chi connectivity index (χ1) is 40.6. The molecule has 0 bridgehead atoms. The van der Waals surface area contributed by atoms with Crippen LogP contribution in [0.1, 0.15) is 87.9 Å². The molecule has 10 rings (SSSR count). The summed E-state index contributed by atoms with van der Waals surface area (Å²) in [7, 11) is 6.18. The minimum atomic E-state index is -0.772. The van der Waals surface area contributed by atoms with E-state index in [1.54, 1.807) is 121 Å². The van der Waals surface area contributed by atoms with Gasteiger partial charge in [0.1, 0.15) is 22.8 Å². The van der Waals surface area contributed by atoms with Crippen molar-refractivity contribution in [3.05, 3.63) is 121 Å². The van der Waals surface area contributed by atoms with Crippen molar-refractivity contribution in [2.24, 2.45) is 11.8 Å². The molecule has 1 amide bonds. The molecule has 2 unspecified atom stereocenters. The number of pyridine rings is 2. The Morgan fingerprint density at radius 2 is 1.02 bits per heavy atom. The highest BCUT2D eigenvalue weighted by Gasteiger charge is 2.30. The number of anilines is 8. The molecule has 0 spiro atoms. The number of hydrogen-bond donors (Lipinski definition) is 5. The molecule has 0 radical (unpaired) electrons. The van der Waals surface area contributed by atoms with Gasteiger partial charge in [-0.1, -0.05) is 0 Å². The molecule has 6 aromatic heterocycles. The molecule has 2 aromatic carbocycles. The molecule has 85 heavy (non-hydrogen) atoms. The number of esters is 2. The number of aromatic nitrogens is 8. The maximum atomic E-state index is 13.2. The van der Waals surface area contributed by atoms with Gasteiger partial charge >= 0.3 is 17.9 Å². The second kappa shape index (κ2) is 27.0. The maximum absolute atomic E-state index is 13.2. The second-order valence-electron chi connectivity index (χ2n) is 21.9. The van der Waals surface area contributed by atoms with Crippen molar-refractivity contribution in [1.29, 1.82) is 0 Å². The normalized spacial score (nSPS) is 15.0. The molecule has 25 heteroatoms. The van der Waals surface area contributed by atoms with Crippen molar-refractivity contribution in [2.75, 3.05) is 86.1 Å². The van der Waals surface area contributed by atoms with Gasteiger partial charge in [0.25, 0.3) is 11.8 Å². The van der Waals surface area contributed by atoms with E-state index in [1.165, 1.54) is 14.2 Å². The summed E-state index contributed by atoms with van der Waals surface area (Å²) in [6.45, 7) is 13.4. The van der Waals surface area contributed by atoms with Crippen molar-refractivity contribution in [1.82, 2.24) is 39.2 Å². The SMILES string of the molecule is CC(C)(C)OC(=O)c1ccc(N)cc1.COc1ccc(Nc2cc(N3CCCC(C(=O)Nc4ccc(C(=O)OC(C)(C)C)cc4)C3)nn3ccnc23)nc1OC.COc1ccc(Nc2cc(N3CCCC(C(=O)O)C3)nn3ccnc23)nc1OC. The van der Waals surface area contributed by atoms with Crippen LogP contribution in [0, 0.1) is 11.8 Å². The van der Waals surface area contributed by atoms with Gasteiger partial charge in [0.05, 0.1) is 62.8 Å². The minimum Gasteiger partial charge on any atom is -0.491 e. The number of imidazole rings is 2. The summed E-state index contributed by atoms with van der Waals surface area (Å²) in [6, 6.07) is 24.3. The zero-order chi connectivity index (χ0) is 61.0. The fourth-order valence-electron chi connectivity index (χ4n) is 9.19. The predicted octanol–water partition coefficient (Wildman–Crippen LogP) is 9.11. The summed E-state index contributed by atoms with van der Waals surface area (Å²) in [5.41, 5.74) is 9.36. The summed E-state index contributed by atoms with van der Waals surface area (Å²) in [5, 5.41) is 28.3. The van der Waals surface area contributed by atoms with Gasteiger partial charge in [-0.2, -0.15) is 9.97 Å². The topological polar surface area (TPSA) is 299 Å². The number of carboxylic acids is 1. The number of carbonyl (C=O) groups is 4. The number of carboxylic acid groups (broad SMARTS) is 1. The first-order valence-corrected chi connectivity index (χ1v) is 27.5.